The zero-order valence-corrected chi connectivity index (χ0v) is 45.0. The Labute approximate surface area is 414 Å². The Bertz CT molecular complexity index is 1360. The summed E-state index contributed by atoms with van der Waals surface area (Å²) in [6, 6.07) is -0.902. The highest BCUT2D eigenvalue weighted by Gasteiger charge is 2.23. The number of quaternary nitrogens is 1. The molecule has 0 aromatic carbocycles. The highest BCUT2D eigenvalue weighted by atomic mass is 31.2. The SMILES string of the molecule is CC/C=C\C/C=C\C/C=C\C/C=C\C/C=C\CCCCCCCCCCCCCCCCCCCCCCCC(=O)NC(COP(=O)([O-])OCC[N+](C)(C)C)C(O)/C=C/CC/C=C/CCCC. The molecule has 0 fully saturated rings. The van der Waals surface area contributed by atoms with Gasteiger partial charge in [0.2, 0.25) is 5.91 Å². The molecule has 9 heteroatoms. The number of aliphatic hydroxyl groups is 1. The molecule has 388 valence electrons. The average Bonchev–Trinajstić information content (AvgIpc) is 3.29. The lowest BCUT2D eigenvalue weighted by molar-refractivity contribution is -0.870. The van der Waals surface area contributed by atoms with E-state index in [4.69, 9.17) is 9.05 Å². The molecule has 0 aliphatic rings. The predicted molar refractivity (Wildman–Crippen MR) is 288 cm³/mol. The number of carbonyl (C=O) groups excluding carboxylic acids is 1. The summed E-state index contributed by atoms with van der Waals surface area (Å²) in [5, 5.41) is 13.7. The number of nitrogens with zero attached hydrogens (tertiary/aromatic N) is 1. The number of phosphoric ester groups is 1. The van der Waals surface area contributed by atoms with Crippen molar-refractivity contribution in [3.05, 3.63) is 85.1 Å². The van der Waals surface area contributed by atoms with Gasteiger partial charge in [0.25, 0.3) is 7.82 Å². The van der Waals surface area contributed by atoms with E-state index in [9.17, 15) is 19.4 Å². The summed E-state index contributed by atoms with van der Waals surface area (Å²) in [5.41, 5.74) is 0. The zero-order chi connectivity index (χ0) is 49.2. The molecule has 8 nitrogen and oxygen atoms in total. The van der Waals surface area contributed by atoms with Crippen LogP contribution in [-0.4, -0.2) is 68.5 Å². The van der Waals surface area contributed by atoms with Crippen molar-refractivity contribution in [1.82, 2.24) is 5.32 Å². The Balaban J connectivity index is 3.86. The maximum atomic E-state index is 12.9. The first kappa shape index (κ1) is 64.7. The summed E-state index contributed by atoms with van der Waals surface area (Å²) in [5.74, 6) is -0.211. The molecule has 0 aromatic rings. The highest BCUT2D eigenvalue weighted by molar-refractivity contribution is 7.45. The number of phosphoric acid groups is 1. The van der Waals surface area contributed by atoms with Crippen LogP contribution in [0.4, 0.5) is 0 Å². The van der Waals surface area contributed by atoms with Crippen LogP contribution in [0.5, 0.6) is 0 Å². The number of likely N-dealkylation sites (N-methyl/N-ethyl adjacent to an activating group) is 1. The van der Waals surface area contributed by atoms with Crippen LogP contribution in [0.3, 0.4) is 0 Å². The fraction of sp³-hybridized carbons (Fsp3) is 0.741. The zero-order valence-electron chi connectivity index (χ0n) is 44.1. The molecule has 0 heterocycles. The molecule has 0 aromatic heterocycles. The van der Waals surface area contributed by atoms with Crippen LogP contribution >= 0.6 is 7.82 Å². The minimum atomic E-state index is -4.59. The van der Waals surface area contributed by atoms with E-state index in [-0.39, 0.29) is 12.5 Å². The second-order valence-corrected chi connectivity index (χ2v) is 21.0. The van der Waals surface area contributed by atoms with Crippen molar-refractivity contribution >= 4 is 13.7 Å². The van der Waals surface area contributed by atoms with Crippen LogP contribution in [-0.2, 0) is 18.4 Å². The number of carbonyl (C=O) groups is 1. The smallest absolute Gasteiger partial charge is 0.268 e. The van der Waals surface area contributed by atoms with Crippen molar-refractivity contribution in [3.63, 3.8) is 0 Å². The van der Waals surface area contributed by atoms with E-state index < -0.39 is 26.6 Å². The number of allylic oxidation sites excluding steroid dienone is 13. The van der Waals surface area contributed by atoms with Gasteiger partial charge in [-0.25, -0.2) is 0 Å². The van der Waals surface area contributed by atoms with Crippen molar-refractivity contribution < 1.29 is 32.9 Å². The normalized spacial score (nSPS) is 14.7. The monoisotopic (exact) mass is 957 g/mol. The largest absolute Gasteiger partial charge is 0.756 e. The number of unbranched alkanes of at least 4 members (excludes halogenated alkanes) is 24. The molecule has 3 atom stereocenters. The molecule has 0 radical (unpaired) electrons. The average molecular weight is 957 g/mol. The molecular weight excluding hydrogens is 852 g/mol. The molecule has 0 bridgehead atoms. The van der Waals surface area contributed by atoms with Gasteiger partial charge in [-0.2, -0.15) is 0 Å². The lowest BCUT2D eigenvalue weighted by Gasteiger charge is -2.29. The number of amides is 1. The van der Waals surface area contributed by atoms with Gasteiger partial charge in [0, 0.05) is 6.42 Å². The maximum Gasteiger partial charge on any atom is 0.268 e. The Morgan fingerprint density at radius 2 is 0.925 bits per heavy atom. The summed E-state index contributed by atoms with van der Waals surface area (Å²) in [6.07, 6.45) is 68.5. The van der Waals surface area contributed by atoms with Gasteiger partial charge in [-0.15, -0.1) is 0 Å². The third-order valence-corrected chi connectivity index (χ3v) is 12.8. The Morgan fingerprint density at radius 3 is 1.39 bits per heavy atom. The second kappa shape index (κ2) is 48.7. The fourth-order valence-corrected chi connectivity index (χ4v) is 8.26. The van der Waals surface area contributed by atoms with Crippen LogP contribution < -0.4 is 10.2 Å². The van der Waals surface area contributed by atoms with E-state index in [1.54, 1.807) is 6.08 Å². The van der Waals surface area contributed by atoms with Gasteiger partial charge in [0.15, 0.2) is 0 Å². The predicted octanol–water partition coefficient (Wildman–Crippen LogP) is 15.8. The molecular formula is C58H105N2O6P. The van der Waals surface area contributed by atoms with Gasteiger partial charge in [-0.1, -0.05) is 234 Å². The summed E-state index contributed by atoms with van der Waals surface area (Å²) < 4.78 is 23.1. The first-order valence-electron chi connectivity index (χ1n) is 27.4. The van der Waals surface area contributed by atoms with Crippen molar-refractivity contribution in [3.8, 4) is 0 Å². The van der Waals surface area contributed by atoms with Crippen LogP contribution in [0, 0.1) is 0 Å². The van der Waals surface area contributed by atoms with Crippen LogP contribution in [0.15, 0.2) is 85.1 Å². The molecule has 2 N–H and O–H groups in total. The number of hydrogen-bond acceptors (Lipinski definition) is 6. The molecule has 0 saturated carbocycles. The van der Waals surface area contributed by atoms with Gasteiger partial charge in [0.1, 0.15) is 13.2 Å². The number of rotatable bonds is 49. The van der Waals surface area contributed by atoms with Crippen molar-refractivity contribution in [1.29, 1.82) is 0 Å². The van der Waals surface area contributed by atoms with E-state index in [1.807, 2.05) is 27.2 Å². The van der Waals surface area contributed by atoms with E-state index >= 15 is 0 Å². The van der Waals surface area contributed by atoms with E-state index in [0.29, 0.717) is 17.4 Å². The minimum absolute atomic E-state index is 0.00816. The summed E-state index contributed by atoms with van der Waals surface area (Å²) in [7, 11) is 1.24. The number of hydrogen-bond donors (Lipinski definition) is 2. The maximum absolute atomic E-state index is 12.9. The molecule has 1 amide bonds. The van der Waals surface area contributed by atoms with Gasteiger partial charge < -0.3 is 28.8 Å². The van der Waals surface area contributed by atoms with Crippen LogP contribution in [0.2, 0.25) is 0 Å². The minimum Gasteiger partial charge on any atom is -0.756 e. The topological polar surface area (TPSA) is 108 Å². The molecule has 67 heavy (non-hydrogen) atoms. The van der Waals surface area contributed by atoms with E-state index in [0.717, 1.165) is 70.6 Å². The second-order valence-electron chi connectivity index (χ2n) is 19.5. The fourth-order valence-electron chi connectivity index (χ4n) is 7.53. The first-order chi connectivity index (χ1) is 32.5. The number of aliphatic hydroxyl groups excluding tert-OH is 1. The van der Waals surface area contributed by atoms with Crippen LogP contribution in [0.1, 0.15) is 226 Å². The Morgan fingerprint density at radius 1 is 0.537 bits per heavy atom. The third kappa shape index (κ3) is 51.4. The van der Waals surface area contributed by atoms with Crippen molar-refractivity contribution in [2.24, 2.45) is 0 Å². The Kier molecular flexibility index (Phi) is 47.0. The van der Waals surface area contributed by atoms with E-state index in [1.165, 1.54) is 135 Å². The quantitative estimate of drug-likeness (QED) is 0.0272. The van der Waals surface area contributed by atoms with Gasteiger partial charge in [0.05, 0.1) is 39.9 Å². The van der Waals surface area contributed by atoms with Crippen molar-refractivity contribution in [2.45, 2.75) is 238 Å². The lowest BCUT2D eigenvalue weighted by Crippen LogP contribution is -2.45. The lowest BCUT2D eigenvalue weighted by atomic mass is 10.0. The summed E-state index contributed by atoms with van der Waals surface area (Å²) in [4.78, 5) is 25.3. The molecule has 3 unspecified atom stereocenters. The molecule has 0 spiro atoms. The molecule has 0 aliphatic carbocycles. The molecule has 0 rings (SSSR count). The van der Waals surface area contributed by atoms with Gasteiger partial charge >= 0.3 is 0 Å². The Hall–Kier alpha value is -2.32. The van der Waals surface area contributed by atoms with Gasteiger partial charge in [-0.3, -0.25) is 9.36 Å². The van der Waals surface area contributed by atoms with Crippen LogP contribution in [0.25, 0.3) is 0 Å². The highest BCUT2D eigenvalue weighted by Crippen LogP contribution is 2.38. The molecule has 0 saturated heterocycles. The van der Waals surface area contributed by atoms with Gasteiger partial charge in [-0.05, 0) is 70.6 Å². The molecule has 0 aliphatic heterocycles. The number of nitrogens with one attached hydrogen (secondary N) is 1. The van der Waals surface area contributed by atoms with E-state index in [2.05, 4.69) is 92.1 Å². The first-order valence-corrected chi connectivity index (χ1v) is 28.9. The van der Waals surface area contributed by atoms with Crippen molar-refractivity contribution in [2.75, 3.05) is 40.9 Å². The summed E-state index contributed by atoms with van der Waals surface area (Å²) >= 11 is 0. The third-order valence-electron chi connectivity index (χ3n) is 11.8. The standard InChI is InChI=1S/C58H105N2O6P/c1-6-8-10-12-14-16-17-18-19-20-21-22-23-24-25-26-27-28-29-30-31-32-33-34-35-36-37-38-39-40-41-42-43-44-46-48-50-52-58(62)59-56(55-66-67(63,64)65-54-53-60(3,4)5)57(61)51-49-47-45-15-13-11-9-7-2/h8,10,13-16,18-19,21-22,24-25,49,51,56-57,61H,6-7,9,11-12,17,20,23,26-48,50,52-55H2,1-5H3,(H-,59,62,63,64)/b10-8-,15-13+,16-14-,19-18-,22-21-,25-24-,51-49+. The summed E-state index contributed by atoms with van der Waals surface area (Å²) in [6.45, 7) is 4.43.